The van der Waals surface area contributed by atoms with Crippen LogP contribution in [0.15, 0.2) is 22.7 Å². The maximum absolute atomic E-state index is 12.2. The third-order valence-electron chi connectivity index (χ3n) is 3.50. The first-order chi connectivity index (χ1) is 9.58. The van der Waals surface area contributed by atoms with E-state index in [0.717, 1.165) is 32.7 Å². The molecule has 1 aromatic rings. The number of halogens is 1. The Morgan fingerprint density at radius 2 is 2.15 bits per heavy atom. The van der Waals surface area contributed by atoms with Gasteiger partial charge in [-0.05, 0) is 34.1 Å². The Kier molecular flexibility index (Phi) is 5.39. The van der Waals surface area contributed by atoms with Crippen molar-refractivity contribution in [1.82, 2.24) is 15.1 Å². The molecule has 1 aromatic carbocycles. The predicted molar refractivity (Wildman–Crippen MR) is 82.1 cm³/mol. The van der Waals surface area contributed by atoms with E-state index in [1.165, 1.54) is 6.07 Å². The van der Waals surface area contributed by atoms with Gasteiger partial charge in [0.15, 0.2) is 0 Å². The van der Waals surface area contributed by atoms with Crippen LogP contribution in [0.1, 0.15) is 10.4 Å². The van der Waals surface area contributed by atoms with Gasteiger partial charge in [-0.2, -0.15) is 0 Å². The molecule has 1 aliphatic heterocycles. The highest BCUT2D eigenvalue weighted by Gasteiger charge is 2.15. The minimum Gasteiger partial charge on any atom is -0.507 e. The van der Waals surface area contributed by atoms with Crippen LogP contribution in [0.4, 0.5) is 0 Å². The van der Waals surface area contributed by atoms with E-state index in [1.807, 2.05) is 0 Å². The van der Waals surface area contributed by atoms with Crippen LogP contribution in [0.2, 0.25) is 0 Å². The Morgan fingerprint density at radius 3 is 2.80 bits per heavy atom. The first kappa shape index (κ1) is 15.3. The minimum atomic E-state index is -0.0667. The van der Waals surface area contributed by atoms with Gasteiger partial charge < -0.3 is 15.3 Å². The second kappa shape index (κ2) is 7.06. The van der Waals surface area contributed by atoms with Crippen LogP contribution in [-0.4, -0.2) is 67.1 Å². The van der Waals surface area contributed by atoms with Crippen LogP contribution >= 0.6 is 15.9 Å². The van der Waals surface area contributed by atoms with E-state index >= 15 is 0 Å². The van der Waals surface area contributed by atoms with Gasteiger partial charge in [-0.25, -0.2) is 0 Å². The zero-order chi connectivity index (χ0) is 14.5. The zero-order valence-corrected chi connectivity index (χ0v) is 13.2. The molecule has 1 aliphatic rings. The maximum atomic E-state index is 12.2. The average molecular weight is 342 g/mol. The van der Waals surface area contributed by atoms with Gasteiger partial charge in [0.2, 0.25) is 0 Å². The summed E-state index contributed by atoms with van der Waals surface area (Å²) >= 11 is 3.21. The van der Waals surface area contributed by atoms with E-state index in [0.29, 0.717) is 16.6 Å². The zero-order valence-electron chi connectivity index (χ0n) is 11.6. The first-order valence-electron chi connectivity index (χ1n) is 6.75. The van der Waals surface area contributed by atoms with Crippen molar-refractivity contribution in [2.45, 2.75) is 0 Å². The second-order valence-electron chi connectivity index (χ2n) is 4.98. The van der Waals surface area contributed by atoms with Crippen molar-refractivity contribution in [3.63, 3.8) is 0 Å². The number of hydrogen-bond donors (Lipinski definition) is 2. The third-order valence-corrected chi connectivity index (χ3v) is 4.17. The Balaban J connectivity index is 1.89. The standard InChI is InChI=1S/C14H20BrN3O2/c1-17(8-9-18-6-4-16-5-7-18)14(20)11-2-3-12(15)13(19)10-11/h2-3,10,16,19H,4-9H2,1H3. The van der Waals surface area contributed by atoms with E-state index in [4.69, 9.17) is 0 Å². The van der Waals surface area contributed by atoms with Crippen molar-refractivity contribution in [3.05, 3.63) is 28.2 Å². The quantitative estimate of drug-likeness (QED) is 0.862. The molecular formula is C14H20BrN3O2. The number of nitrogens with zero attached hydrogens (tertiary/aromatic N) is 2. The maximum Gasteiger partial charge on any atom is 0.253 e. The Morgan fingerprint density at radius 1 is 1.45 bits per heavy atom. The van der Waals surface area contributed by atoms with Crippen molar-refractivity contribution < 1.29 is 9.90 Å². The van der Waals surface area contributed by atoms with Gasteiger partial charge in [0.1, 0.15) is 5.75 Å². The molecule has 0 bridgehead atoms. The number of aromatic hydroxyl groups is 1. The highest BCUT2D eigenvalue weighted by molar-refractivity contribution is 9.10. The first-order valence-corrected chi connectivity index (χ1v) is 7.54. The molecule has 0 aromatic heterocycles. The fourth-order valence-corrected chi connectivity index (χ4v) is 2.44. The summed E-state index contributed by atoms with van der Waals surface area (Å²) in [6, 6.07) is 4.90. The van der Waals surface area contributed by atoms with Crippen LogP contribution in [0.5, 0.6) is 5.75 Å². The molecule has 1 saturated heterocycles. The molecule has 2 N–H and O–H groups in total. The van der Waals surface area contributed by atoms with Crippen LogP contribution in [0.3, 0.4) is 0 Å². The number of phenols is 1. The monoisotopic (exact) mass is 341 g/mol. The fourth-order valence-electron chi connectivity index (χ4n) is 2.19. The molecule has 1 amide bonds. The number of carbonyl (C=O) groups is 1. The predicted octanol–water partition coefficient (Wildman–Crippen LogP) is 1.13. The number of benzene rings is 1. The lowest BCUT2D eigenvalue weighted by Crippen LogP contribution is -2.46. The van der Waals surface area contributed by atoms with Crippen LogP contribution < -0.4 is 5.32 Å². The molecule has 0 unspecified atom stereocenters. The summed E-state index contributed by atoms with van der Waals surface area (Å²) in [7, 11) is 1.80. The van der Waals surface area contributed by atoms with Crippen LogP contribution in [-0.2, 0) is 0 Å². The molecule has 0 aliphatic carbocycles. The highest BCUT2D eigenvalue weighted by Crippen LogP contribution is 2.24. The summed E-state index contributed by atoms with van der Waals surface area (Å²) in [4.78, 5) is 16.3. The molecule has 20 heavy (non-hydrogen) atoms. The van der Waals surface area contributed by atoms with Gasteiger partial charge in [0.05, 0.1) is 4.47 Å². The van der Waals surface area contributed by atoms with E-state index in [-0.39, 0.29) is 11.7 Å². The van der Waals surface area contributed by atoms with E-state index in [1.54, 1.807) is 24.1 Å². The third kappa shape index (κ3) is 3.94. The number of hydrogen-bond acceptors (Lipinski definition) is 4. The largest absolute Gasteiger partial charge is 0.507 e. The molecule has 5 nitrogen and oxygen atoms in total. The molecule has 110 valence electrons. The molecule has 0 atom stereocenters. The van der Waals surface area contributed by atoms with Gasteiger partial charge in [-0.3, -0.25) is 9.69 Å². The topological polar surface area (TPSA) is 55.8 Å². The summed E-state index contributed by atoms with van der Waals surface area (Å²) in [5, 5.41) is 12.9. The molecule has 1 heterocycles. The number of carbonyl (C=O) groups excluding carboxylic acids is 1. The molecule has 0 radical (unpaired) electrons. The van der Waals surface area contributed by atoms with Crippen molar-refractivity contribution in [2.75, 3.05) is 46.3 Å². The summed E-state index contributed by atoms with van der Waals surface area (Å²) in [6.45, 7) is 5.65. The molecule has 0 spiro atoms. The summed E-state index contributed by atoms with van der Waals surface area (Å²) in [5.41, 5.74) is 0.508. The molecule has 1 fully saturated rings. The van der Waals surface area contributed by atoms with Crippen molar-refractivity contribution >= 4 is 21.8 Å². The highest BCUT2D eigenvalue weighted by atomic mass is 79.9. The van der Waals surface area contributed by atoms with Gasteiger partial charge >= 0.3 is 0 Å². The fraction of sp³-hybridized carbons (Fsp3) is 0.500. The number of piperazine rings is 1. The molecule has 0 saturated carbocycles. The van der Waals surface area contributed by atoms with Gasteiger partial charge in [-0.1, -0.05) is 0 Å². The molecule has 2 rings (SSSR count). The normalized spacial score (nSPS) is 16.1. The lowest BCUT2D eigenvalue weighted by atomic mass is 10.2. The lowest BCUT2D eigenvalue weighted by molar-refractivity contribution is 0.0774. The Hall–Kier alpha value is -1.11. The van der Waals surface area contributed by atoms with Gasteiger partial charge in [0, 0.05) is 51.9 Å². The van der Waals surface area contributed by atoms with Crippen molar-refractivity contribution in [2.24, 2.45) is 0 Å². The lowest BCUT2D eigenvalue weighted by Gasteiger charge is -2.29. The van der Waals surface area contributed by atoms with E-state index in [2.05, 4.69) is 26.1 Å². The summed E-state index contributed by atoms with van der Waals surface area (Å²) in [5.74, 6) is 0.0225. The smallest absolute Gasteiger partial charge is 0.253 e. The number of likely N-dealkylation sites (N-methyl/N-ethyl adjacent to an activating group) is 1. The SMILES string of the molecule is CN(CCN1CCNCC1)C(=O)c1ccc(Br)c(O)c1. The number of amides is 1. The Bertz CT molecular complexity index is 475. The van der Waals surface area contributed by atoms with Crippen LogP contribution in [0.25, 0.3) is 0 Å². The van der Waals surface area contributed by atoms with E-state index in [9.17, 15) is 9.90 Å². The summed E-state index contributed by atoms with van der Waals surface area (Å²) < 4.78 is 0.595. The number of rotatable bonds is 4. The van der Waals surface area contributed by atoms with E-state index < -0.39 is 0 Å². The summed E-state index contributed by atoms with van der Waals surface area (Å²) in [6.07, 6.45) is 0. The number of nitrogens with one attached hydrogen (secondary N) is 1. The van der Waals surface area contributed by atoms with Gasteiger partial charge in [-0.15, -0.1) is 0 Å². The van der Waals surface area contributed by atoms with Crippen molar-refractivity contribution in [3.8, 4) is 5.75 Å². The number of phenolic OH excluding ortho intramolecular Hbond substituents is 1. The second-order valence-corrected chi connectivity index (χ2v) is 5.84. The van der Waals surface area contributed by atoms with Crippen LogP contribution in [0, 0.1) is 0 Å². The van der Waals surface area contributed by atoms with Gasteiger partial charge in [0.25, 0.3) is 5.91 Å². The minimum absolute atomic E-state index is 0.0667. The molecule has 6 heteroatoms. The van der Waals surface area contributed by atoms with Crippen molar-refractivity contribution in [1.29, 1.82) is 0 Å². The molecular weight excluding hydrogens is 322 g/mol. The average Bonchev–Trinajstić information content (AvgIpc) is 2.48. The Labute approximate surface area is 127 Å².